The average Bonchev–Trinajstić information content (AvgIpc) is 2.68. The van der Waals surface area contributed by atoms with E-state index in [1.54, 1.807) is 18.5 Å². The number of nitrogens with zero attached hydrogens (tertiary/aromatic N) is 3. The van der Waals surface area contributed by atoms with Gasteiger partial charge >= 0.3 is 0 Å². The molecular formula is C23H28N4O2. The van der Waals surface area contributed by atoms with Crippen molar-refractivity contribution in [3.05, 3.63) is 58.0 Å². The van der Waals surface area contributed by atoms with Gasteiger partial charge in [0.1, 0.15) is 5.58 Å². The van der Waals surface area contributed by atoms with E-state index in [-0.39, 0.29) is 11.5 Å². The molecule has 1 fully saturated rings. The molecule has 1 aliphatic rings. The SMILES string of the molecule is Cc1cc([C@@H](C)Nc2ccnnc2)c2oc(N3CCC(C)(C)CC3)cc(=O)c2c1. The third kappa shape index (κ3) is 4.11. The van der Waals surface area contributed by atoms with Crippen LogP contribution in [0, 0.1) is 12.3 Å². The maximum Gasteiger partial charge on any atom is 0.200 e. The number of hydrogen-bond acceptors (Lipinski definition) is 6. The van der Waals surface area contributed by atoms with Crippen LogP contribution >= 0.6 is 0 Å². The molecule has 2 aromatic heterocycles. The summed E-state index contributed by atoms with van der Waals surface area (Å²) in [6, 6.07) is 7.46. The van der Waals surface area contributed by atoms with Gasteiger partial charge in [0.25, 0.3) is 0 Å². The van der Waals surface area contributed by atoms with Gasteiger partial charge in [0.2, 0.25) is 0 Å². The fourth-order valence-electron chi connectivity index (χ4n) is 3.94. The van der Waals surface area contributed by atoms with E-state index in [0.29, 0.717) is 22.3 Å². The Morgan fingerprint density at radius 1 is 1.17 bits per heavy atom. The van der Waals surface area contributed by atoms with Crippen molar-refractivity contribution in [2.45, 2.75) is 46.6 Å². The molecular weight excluding hydrogens is 364 g/mol. The van der Waals surface area contributed by atoms with Gasteiger partial charge in [-0.3, -0.25) is 4.79 Å². The number of hydrogen-bond donors (Lipinski definition) is 1. The lowest BCUT2D eigenvalue weighted by Gasteiger charge is -2.37. The summed E-state index contributed by atoms with van der Waals surface area (Å²) in [5, 5.41) is 11.8. The average molecular weight is 393 g/mol. The van der Waals surface area contributed by atoms with Crippen molar-refractivity contribution < 1.29 is 4.42 Å². The highest BCUT2D eigenvalue weighted by atomic mass is 16.4. The first-order valence-corrected chi connectivity index (χ1v) is 10.2. The van der Waals surface area contributed by atoms with Crippen LogP contribution in [0.5, 0.6) is 0 Å². The van der Waals surface area contributed by atoms with Crippen LogP contribution in [0.3, 0.4) is 0 Å². The summed E-state index contributed by atoms with van der Waals surface area (Å²) in [6.45, 7) is 10.5. The number of aryl methyl sites for hydroxylation is 1. The number of rotatable bonds is 4. The van der Waals surface area contributed by atoms with Crippen molar-refractivity contribution in [2.24, 2.45) is 5.41 Å². The van der Waals surface area contributed by atoms with E-state index in [0.717, 1.165) is 42.7 Å². The maximum absolute atomic E-state index is 12.9. The molecule has 0 saturated carbocycles. The summed E-state index contributed by atoms with van der Waals surface area (Å²) in [6.07, 6.45) is 5.51. The number of nitrogens with one attached hydrogen (secondary N) is 1. The quantitative estimate of drug-likeness (QED) is 0.694. The number of benzene rings is 1. The van der Waals surface area contributed by atoms with Crippen LogP contribution < -0.4 is 15.6 Å². The zero-order chi connectivity index (χ0) is 20.6. The number of piperidine rings is 1. The van der Waals surface area contributed by atoms with E-state index >= 15 is 0 Å². The minimum absolute atomic E-state index is 0.00816. The summed E-state index contributed by atoms with van der Waals surface area (Å²) in [7, 11) is 0. The Morgan fingerprint density at radius 3 is 2.62 bits per heavy atom. The molecule has 0 spiro atoms. The van der Waals surface area contributed by atoms with E-state index in [9.17, 15) is 4.79 Å². The molecule has 29 heavy (non-hydrogen) atoms. The first kappa shape index (κ1) is 19.4. The van der Waals surface area contributed by atoms with Crippen LogP contribution in [0.15, 0.2) is 45.9 Å². The second-order valence-corrected chi connectivity index (χ2v) is 8.83. The third-order valence-corrected chi connectivity index (χ3v) is 5.85. The first-order valence-electron chi connectivity index (χ1n) is 10.2. The fraction of sp³-hybridized carbons (Fsp3) is 0.435. The van der Waals surface area contributed by atoms with Gasteiger partial charge in [0.05, 0.1) is 29.5 Å². The Morgan fingerprint density at radius 2 is 1.93 bits per heavy atom. The Balaban J connectivity index is 1.74. The highest BCUT2D eigenvalue weighted by Gasteiger charge is 2.27. The summed E-state index contributed by atoms with van der Waals surface area (Å²) < 4.78 is 6.35. The Kier molecular flexibility index (Phi) is 5.03. The van der Waals surface area contributed by atoms with Gasteiger partial charge in [-0.05, 0) is 49.8 Å². The van der Waals surface area contributed by atoms with Gasteiger partial charge in [-0.15, -0.1) is 0 Å². The molecule has 0 radical (unpaired) electrons. The van der Waals surface area contributed by atoms with Crippen molar-refractivity contribution in [3.8, 4) is 0 Å². The van der Waals surface area contributed by atoms with Gasteiger partial charge in [0, 0.05) is 24.7 Å². The van der Waals surface area contributed by atoms with Gasteiger partial charge in [-0.2, -0.15) is 10.2 Å². The predicted octanol–water partition coefficient (Wildman–Crippen LogP) is 4.69. The second-order valence-electron chi connectivity index (χ2n) is 8.83. The normalized spacial score (nSPS) is 17.3. The Labute approximate surface area is 170 Å². The molecule has 152 valence electrons. The minimum Gasteiger partial charge on any atom is -0.440 e. The molecule has 0 amide bonds. The van der Waals surface area contributed by atoms with E-state index in [4.69, 9.17) is 4.42 Å². The monoisotopic (exact) mass is 392 g/mol. The summed E-state index contributed by atoms with van der Waals surface area (Å²) in [4.78, 5) is 15.1. The molecule has 1 aromatic carbocycles. The zero-order valence-electron chi connectivity index (χ0n) is 17.5. The largest absolute Gasteiger partial charge is 0.440 e. The molecule has 3 aromatic rings. The highest BCUT2D eigenvalue weighted by Crippen LogP contribution is 2.34. The van der Waals surface area contributed by atoms with Crippen LogP contribution in [0.1, 0.15) is 50.8 Å². The zero-order valence-corrected chi connectivity index (χ0v) is 17.5. The third-order valence-electron chi connectivity index (χ3n) is 5.85. The van der Waals surface area contributed by atoms with Crippen LogP contribution in [0.25, 0.3) is 11.0 Å². The van der Waals surface area contributed by atoms with Crippen LogP contribution in [-0.2, 0) is 0 Å². The van der Waals surface area contributed by atoms with Crippen LogP contribution in [0.4, 0.5) is 11.6 Å². The lowest BCUT2D eigenvalue weighted by Crippen LogP contribution is -2.37. The first-order chi connectivity index (χ1) is 13.8. The van der Waals surface area contributed by atoms with Crippen LogP contribution in [0.2, 0.25) is 0 Å². The van der Waals surface area contributed by atoms with E-state index in [1.165, 1.54) is 0 Å². The molecule has 0 unspecified atom stereocenters. The standard InChI is InChI=1S/C23H28N4O2/c1-15-11-18(16(2)26-17-5-8-24-25-14-17)22-19(12-15)20(28)13-21(29-22)27-9-6-23(3,4)7-10-27/h5,8,11-14,16H,6-7,9-10H2,1-4H3,(H,24,26)/t16-/m1/s1. The number of anilines is 2. The molecule has 1 atom stereocenters. The lowest BCUT2D eigenvalue weighted by molar-refractivity contribution is 0.274. The molecule has 0 aliphatic carbocycles. The molecule has 1 N–H and O–H groups in total. The summed E-state index contributed by atoms with van der Waals surface area (Å²) in [5.74, 6) is 0.667. The predicted molar refractivity (Wildman–Crippen MR) is 117 cm³/mol. The Bertz CT molecular complexity index is 1070. The van der Waals surface area contributed by atoms with Crippen LogP contribution in [-0.4, -0.2) is 23.3 Å². The highest BCUT2D eigenvalue weighted by molar-refractivity contribution is 5.82. The Hall–Kier alpha value is -2.89. The van der Waals surface area contributed by atoms with Gasteiger partial charge in [-0.1, -0.05) is 19.9 Å². The van der Waals surface area contributed by atoms with Crippen molar-refractivity contribution in [2.75, 3.05) is 23.3 Å². The van der Waals surface area contributed by atoms with E-state index in [1.807, 2.05) is 19.1 Å². The topological polar surface area (TPSA) is 71.3 Å². The van der Waals surface area contributed by atoms with Crippen molar-refractivity contribution in [1.29, 1.82) is 0 Å². The van der Waals surface area contributed by atoms with Gasteiger partial charge in [-0.25, -0.2) is 0 Å². The maximum atomic E-state index is 12.9. The van der Waals surface area contributed by atoms with Crippen molar-refractivity contribution >= 4 is 22.5 Å². The minimum atomic E-state index is -0.0553. The molecule has 4 rings (SSSR count). The summed E-state index contributed by atoms with van der Waals surface area (Å²) >= 11 is 0. The fourth-order valence-corrected chi connectivity index (χ4v) is 3.94. The molecule has 0 bridgehead atoms. The van der Waals surface area contributed by atoms with Crippen molar-refractivity contribution in [1.82, 2.24) is 10.2 Å². The number of fused-ring (bicyclic) bond motifs is 1. The number of aromatic nitrogens is 2. The molecule has 6 nitrogen and oxygen atoms in total. The molecule has 1 saturated heterocycles. The van der Waals surface area contributed by atoms with E-state index in [2.05, 4.69) is 47.3 Å². The van der Waals surface area contributed by atoms with Gasteiger partial charge < -0.3 is 14.6 Å². The molecule has 3 heterocycles. The molecule has 6 heteroatoms. The van der Waals surface area contributed by atoms with Gasteiger partial charge in [0.15, 0.2) is 11.3 Å². The van der Waals surface area contributed by atoms with Crippen molar-refractivity contribution in [3.63, 3.8) is 0 Å². The van der Waals surface area contributed by atoms with E-state index < -0.39 is 0 Å². The molecule has 1 aliphatic heterocycles. The summed E-state index contributed by atoms with van der Waals surface area (Å²) in [5.41, 5.74) is 3.88. The smallest absolute Gasteiger partial charge is 0.200 e. The lowest BCUT2D eigenvalue weighted by atomic mass is 9.83. The second kappa shape index (κ2) is 7.50.